The molecule has 7 heteroatoms. The van der Waals surface area contributed by atoms with E-state index >= 15 is 0 Å². The summed E-state index contributed by atoms with van der Waals surface area (Å²) in [5.74, 6) is -0.0453. The number of aryl methyl sites for hydroxylation is 1. The number of hydrogen-bond acceptors (Lipinski definition) is 3. The molecule has 0 fully saturated rings. The molecule has 150 valence electrons. The first kappa shape index (κ1) is 19.9. The lowest BCUT2D eigenvalue weighted by Gasteiger charge is -2.46. The normalized spacial score (nSPS) is 19.3. The Morgan fingerprint density at radius 2 is 1.96 bits per heavy atom. The van der Waals surface area contributed by atoms with Crippen molar-refractivity contribution in [2.45, 2.75) is 65.6 Å². The number of hydrogen-bond donors (Lipinski definition) is 1. The molecule has 2 heterocycles. The summed E-state index contributed by atoms with van der Waals surface area (Å²) >= 11 is 0. The second-order valence-electron chi connectivity index (χ2n) is 8.48. The molecule has 1 aromatic carbocycles. The molecule has 0 spiro atoms. The van der Waals surface area contributed by atoms with E-state index in [1.807, 2.05) is 63.6 Å². The maximum Gasteiger partial charge on any atom is 0.408 e. The molecule has 28 heavy (non-hydrogen) atoms. The number of carbonyl (C=O) groups is 2. The predicted octanol–water partition coefficient (Wildman–Crippen LogP) is 4.15. The maximum atomic E-state index is 12.3. The molecule has 1 aromatic heterocycles. The Balaban J connectivity index is 2.20. The molecule has 1 N–H and O–H groups in total. The monoisotopic (exact) mass is 384 g/mol. The van der Waals surface area contributed by atoms with Gasteiger partial charge in [0.2, 0.25) is 5.91 Å². The van der Waals surface area contributed by atoms with Crippen LogP contribution in [-0.2, 0) is 4.79 Å². The lowest BCUT2D eigenvalue weighted by molar-refractivity contribution is -0.117. The van der Waals surface area contributed by atoms with Crippen LogP contribution in [0.5, 0.6) is 0 Å². The lowest BCUT2D eigenvalue weighted by Crippen LogP contribution is -2.52. The quantitative estimate of drug-likeness (QED) is 0.844. The molecule has 0 bridgehead atoms. The molecule has 0 saturated carbocycles. The molecule has 1 aliphatic heterocycles. The van der Waals surface area contributed by atoms with E-state index in [1.165, 1.54) is 4.90 Å². The average Bonchev–Trinajstić information content (AvgIpc) is 2.99. The Bertz CT molecular complexity index is 913. The van der Waals surface area contributed by atoms with Crippen molar-refractivity contribution in [2.24, 2.45) is 0 Å². The number of fused-ring (bicyclic) bond motifs is 1. The summed E-state index contributed by atoms with van der Waals surface area (Å²) in [6.07, 6.45) is 3.24. The summed E-state index contributed by atoms with van der Waals surface area (Å²) in [6, 6.07) is 5.38. The zero-order valence-corrected chi connectivity index (χ0v) is 17.3. The zero-order valence-electron chi connectivity index (χ0n) is 17.3. The van der Waals surface area contributed by atoms with Crippen molar-refractivity contribution in [3.8, 4) is 5.69 Å². The molecule has 0 radical (unpaired) electrons. The number of anilines is 1. The molecule has 2 atom stereocenters. The Morgan fingerprint density at radius 3 is 2.46 bits per heavy atom. The highest BCUT2D eigenvalue weighted by molar-refractivity contribution is 5.94. The van der Waals surface area contributed by atoms with E-state index in [-0.39, 0.29) is 18.0 Å². The van der Waals surface area contributed by atoms with Gasteiger partial charge in [0.15, 0.2) is 0 Å². The van der Waals surface area contributed by atoms with E-state index in [1.54, 1.807) is 18.2 Å². The second kappa shape index (κ2) is 6.96. The van der Waals surface area contributed by atoms with Gasteiger partial charge >= 0.3 is 6.09 Å². The van der Waals surface area contributed by atoms with Crippen LogP contribution in [0.25, 0.3) is 5.69 Å². The van der Waals surface area contributed by atoms with Crippen molar-refractivity contribution in [1.82, 2.24) is 14.5 Å². The molecular weight excluding hydrogens is 356 g/mol. The first-order valence-electron chi connectivity index (χ1n) is 9.47. The highest BCUT2D eigenvalue weighted by Crippen LogP contribution is 2.43. The number of amides is 2. The predicted molar refractivity (Wildman–Crippen MR) is 108 cm³/mol. The summed E-state index contributed by atoms with van der Waals surface area (Å²) in [5.41, 5.74) is 2.83. The number of aromatic nitrogens is 2. The third-order valence-electron chi connectivity index (χ3n) is 5.22. The largest absolute Gasteiger partial charge is 0.465 e. The van der Waals surface area contributed by atoms with Gasteiger partial charge in [-0.15, -0.1) is 0 Å². The van der Waals surface area contributed by atoms with Gasteiger partial charge in [0.05, 0.1) is 18.1 Å². The van der Waals surface area contributed by atoms with Crippen LogP contribution in [0.1, 0.15) is 58.3 Å². The fraction of sp³-hybridized carbons (Fsp3) is 0.476. The molecular formula is C21H28N4O3. The summed E-state index contributed by atoms with van der Waals surface area (Å²) in [7, 11) is 0. The van der Waals surface area contributed by atoms with Crippen molar-refractivity contribution in [3.05, 3.63) is 42.0 Å². The second-order valence-corrected chi connectivity index (χ2v) is 8.48. The summed E-state index contributed by atoms with van der Waals surface area (Å²) in [6.45, 7) is 11.1. The number of carboxylic acid groups (broad SMARTS) is 1. The van der Waals surface area contributed by atoms with E-state index < -0.39 is 11.6 Å². The third-order valence-corrected chi connectivity index (χ3v) is 5.22. The van der Waals surface area contributed by atoms with Gasteiger partial charge in [-0.1, -0.05) is 0 Å². The van der Waals surface area contributed by atoms with Gasteiger partial charge < -0.3 is 14.6 Å². The Morgan fingerprint density at radius 1 is 1.29 bits per heavy atom. The van der Waals surface area contributed by atoms with Crippen LogP contribution in [0.4, 0.5) is 10.5 Å². The minimum absolute atomic E-state index is 0.0453. The van der Waals surface area contributed by atoms with Crippen LogP contribution in [0, 0.1) is 6.92 Å². The summed E-state index contributed by atoms with van der Waals surface area (Å²) in [4.78, 5) is 32.0. The topological polar surface area (TPSA) is 78.7 Å². The minimum Gasteiger partial charge on any atom is -0.465 e. The first-order chi connectivity index (χ1) is 13.0. The molecule has 0 saturated heterocycles. The van der Waals surface area contributed by atoms with Crippen LogP contribution < -0.4 is 4.90 Å². The lowest BCUT2D eigenvalue weighted by atomic mass is 9.87. The summed E-state index contributed by atoms with van der Waals surface area (Å²) < 4.78 is 1.91. The molecule has 2 amide bonds. The fourth-order valence-electron chi connectivity index (χ4n) is 4.16. The Hall–Kier alpha value is -2.83. The van der Waals surface area contributed by atoms with Gasteiger partial charge in [-0.05, 0) is 59.2 Å². The van der Waals surface area contributed by atoms with Gasteiger partial charge in [-0.2, -0.15) is 0 Å². The fourth-order valence-corrected chi connectivity index (χ4v) is 4.16. The van der Waals surface area contributed by atoms with Crippen molar-refractivity contribution < 1.29 is 14.7 Å². The van der Waals surface area contributed by atoms with Gasteiger partial charge in [0.25, 0.3) is 0 Å². The highest BCUT2D eigenvalue weighted by atomic mass is 16.4. The van der Waals surface area contributed by atoms with Crippen LogP contribution in [-0.4, -0.2) is 43.1 Å². The number of benzene rings is 1. The van der Waals surface area contributed by atoms with E-state index in [4.69, 9.17) is 0 Å². The molecule has 2 aromatic rings. The van der Waals surface area contributed by atoms with Gasteiger partial charge in [0.1, 0.15) is 0 Å². The highest BCUT2D eigenvalue weighted by Gasteiger charge is 2.41. The van der Waals surface area contributed by atoms with Crippen molar-refractivity contribution in [3.63, 3.8) is 0 Å². The SMILES string of the molecule is CC(=O)N1c2ccc(-n3cnc(C)c3)cc2C(N(C(=O)O)C(C)(C)C)CC1C. The standard InChI is InChI=1S/C21H28N4O3/c1-13-11-23(12-22-13)16-7-8-18-17(10-16)19(9-14(2)24(18)15(3)26)25(20(27)28)21(4,5)6/h7-8,10-12,14,19H,9H2,1-6H3,(H,27,28). The van der Waals surface area contributed by atoms with Crippen molar-refractivity contribution in [2.75, 3.05) is 4.90 Å². The molecule has 2 unspecified atom stereocenters. The van der Waals surface area contributed by atoms with Crippen LogP contribution >= 0.6 is 0 Å². The zero-order chi connectivity index (χ0) is 20.8. The van der Waals surface area contributed by atoms with Gasteiger partial charge in [-0.3, -0.25) is 9.69 Å². The van der Waals surface area contributed by atoms with Crippen LogP contribution in [0.2, 0.25) is 0 Å². The average molecular weight is 384 g/mol. The smallest absolute Gasteiger partial charge is 0.408 e. The number of nitrogens with zero attached hydrogens (tertiary/aromatic N) is 4. The van der Waals surface area contributed by atoms with E-state index in [2.05, 4.69) is 4.98 Å². The molecule has 1 aliphatic rings. The Kier molecular flexibility index (Phi) is 4.95. The summed E-state index contributed by atoms with van der Waals surface area (Å²) in [5, 5.41) is 9.97. The van der Waals surface area contributed by atoms with Crippen LogP contribution in [0.15, 0.2) is 30.7 Å². The molecule has 7 nitrogen and oxygen atoms in total. The third kappa shape index (κ3) is 3.48. The minimum atomic E-state index is -0.962. The molecule has 0 aliphatic carbocycles. The Labute approximate surface area is 165 Å². The van der Waals surface area contributed by atoms with Crippen molar-refractivity contribution >= 4 is 17.7 Å². The first-order valence-corrected chi connectivity index (χ1v) is 9.47. The number of imidazole rings is 1. The van der Waals surface area contributed by atoms with Crippen LogP contribution in [0.3, 0.4) is 0 Å². The van der Waals surface area contributed by atoms with E-state index in [0.717, 1.165) is 22.6 Å². The number of rotatable bonds is 2. The van der Waals surface area contributed by atoms with E-state index in [9.17, 15) is 14.7 Å². The van der Waals surface area contributed by atoms with Gasteiger partial charge in [-0.25, -0.2) is 9.78 Å². The molecule has 3 rings (SSSR count). The van der Waals surface area contributed by atoms with E-state index in [0.29, 0.717) is 6.42 Å². The maximum absolute atomic E-state index is 12.3. The van der Waals surface area contributed by atoms with Gasteiger partial charge in [0, 0.05) is 41.6 Å². The number of carbonyl (C=O) groups excluding carboxylic acids is 1. The van der Waals surface area contributed by atoms with Crippen molar-refractivity contribution in [1.29, 1.82) is 0 Å².